The molecule has 0 saturated carbocycles. The summed E-state index contributed by atoms with van der Waals surface area (Å²) in [5, 5.41) is 22.2. The fourth-order valence-electron chi connectivity index (χ4n) is 1.68. The number of carbonyl (C=O) groups is 1. The summed E-state index contributed by atoms with van der Waals surface area (Å²) < 4.78 is 0. The molecule has 2 N–H and O–H groups in total. The first-order valence-electron chi connectivity index (χ1n) is 5.54. The number of hydroxylamine groups is 2. The van der Waals surface area contributed by atoms with E-state index in [0.717, 1.165) is 0 Å². The van der Waals surface area contributed by atoms with Gasteiger partial charge in [0.05, 0.1) is 30.5 Å². The van der Waals surface area contributed by atoms with Crippen LogP contribution >= 0.6 is 0 Å². The van der Waals surface area contributed by atoms with Crippen molar-refractivity contribution in [3.63, 3.8) is 0 Å². The third kappa shape index (κ3) is 3.05. The largest absolute Gasteiger partial charge is 0.389 e. The molecule has 0 aromatic heterocycles. The first-order chi connectivity index (χ1) is 8.69. The zero-order valence-electron chi connectivity index (χ0n) is 9.67. The van der Waals surface area contributed by atoms with Gasteiger partial charge >= 0.3 is 0 Å². The highest BCUT2D eigenvalue weighted by atomic mass is 16.7. The van der Waals surface area contributed by atoms with Gasteiger partial charge in [0, 0.05) is 0 Å². The molecule has 0 radical (unpaired) electrons. The lowest BCUT2D eigenvalue weighted by molar-refractivity contribution is -0.138. The van der Waals surface area contributed by atoms with Gasteiger partial charge in [-0.05, 0) is 12.1 Å². The number of para-hydroxylation sites is 1. The summed E-state index contributed by atoms with van der Waals surface area (Å²) in [6.45, 7) is 0.548. The number of benzene rings is 1. The molecule has 1 aliphatic heterocycles. The third-order valence-electron chi connectivity index (χ3n) is 2.51. The van der Waals surface area contributed by atoms with Gasteiger partial charge in [-0.2, -0.15) is 10.3 Å². The van der Waals surface area contributed by atoms with Crippen LogP contribution in [0.5, 0.6) is 0 Å². The minimum atomic E-state index is -0.552. The van der Waals surface area contributed by atoms with Crippen LogP contribution in [0.1, 0.15) is 5.56 Å². The molecule has 0 bridgehead atoms. The number of β-amino-alcohol motifs (C(OH)–C–C–N with tert-alkyl or cyclic N) is 1. The molecule has 0 aliphatic carbocycles. The van der Waals surface area contributed by atoms with Gasteiger partial charge in [0.1, 0.15) is 12.6 Å². The number of aliphatic hydroxyl groups is 1. The van der Waals surface area contributed by atoms with Crippen LogP contribution in [0, 0.1) is 11.3 Å². The lowest BCUT2D eigenvalue weighted by Crippen LogP contribution is -2.31. The molecule has 1 aliphatic rings. The number of nitriles is 1. The second-order valence-corrected chi connectivity index (χ2v) is 3.98. The molecule has 6 heteroatoms. The molecule has 0 spiro atoms. The Hall–Kier alpha value is -1.94. The Bertz CT molecular complexity index is 484. The summed E-state index contributed by atoms with van der Waals surface area (Å²) >= 11 is 0. The summed E-state index contributed by atoms with van der Waals surface area (Å²) in [4.78, 5) is 16.8. The third-order valence-corrected chi connectivity index (χ3v) is 2.51. The minimum absolute atomic E-state index is 0.0246. The number of amides is 1. The number of aliphatic hydroxyl groups excluding tert-OH is 1. The van der Waals surface area contributed by atoms with E-state index in [2.05, 4.69) is 5.32 Å². The molecule has 1 fully saturated rings. The summed E-state index contributed by atoms with van der Waals surface area (Å²) in [6, 6.07) is 8.77. The van der Waals surface area contributed by atoms with Crippen molar-refractivity contribution in [1.29, 1.82) is 5.26 Å². The molecule has 1 atom stereocenters. The van der Waals surface area contributed by atoms with Gasteiger partial charge in [-0.15, -0.1) is 0 Å². The van der Waals surface area contributed by atoms with Gasteiger partial charge in [-0.1, -0.05) is 12.1 Å². The van der Waals surface area contributed by atoms with Crippen molar-refractivity contribution in [2.75, 3.05) is 25.0 Å². The van der Waals surface area contributed by atoms with E-state index in [-0.39, 0.29) is 19.1 Å². The number of nitrogens with one attached hydrogen (secondary N) is 1. The van der Waals surface area contributed by atoms with Crippen LogP contribution < -0.4 is 5.32 Å². The van der Waals surface area contributed by atoms with Crippen molar-refractivity contribution < 1.29 is 14.7 Å². The van der Waals surface area contributed by atoms with Crippen LogP contribution in [-0.4, -0.2) is 41.9 Å². The number of nitrogens with zero attached hydrogens (tertiary/aromatic N) is 2. The summed E-state index contributed by atoms with van der Waals surface area (Å²) in [5.41, 5.74) is 0.887. The molecule has 1 aromatic rings. The van der Waals surface area contributed by atoms with Crippen LogP contribution in [0.4, 0.5) is 5.69 Å². The lowest BCUT2D eigenvalue weighted by atomic mass is 10.2. The maximum absolute atomic E-state index is 11.7. The summed E-state index contributed by atoms with van der Waals surface area (Å²) in [6.07, 6.45) is -0.552. The van der Waals surface area contributed by atoms with Crippen LogP contribution in [0.25, 0.3) is 0 Å². The smallest absolute Gasteiger partial charge is 0.241 e. The molecule has 1 saturated heterocycles. The maximum atomic E-state index is 11.7. The van der Waals surface area contributed by atoms with Gasteiger partial charge in [0.15, 0.2) is 0 Å². The monoisotopic (exact) mass is 247 g/mol. The molecule has 2 rings (SSSR count). The summed E-state index contributed by atoms with van der Waals surface area (Å²) in [7, 11) is 0. The Morgan fingerprint density at radius 3 is 3.06 bits per heavy atom. The Kier molecular flexibility index (Phi) is 3.89. The number of hydrogen-bond acceptors (Lipinski definition) is 5. The van der Waals surface area contributed by atoms with Crippen molar-refractivity contribution in [3.05, 3.63) is 29.8 Å². The van der Waals surface area contributed by atoms with Crippen LogP contribution in [0.3, 0.4) is 0 Å². The van der Waals surface area contributed by atoms with Crippen LogP contribution in [-0.2, 0) is 9.63 Å². The van der Waals surface area contributed by atoms with E-state index in [4.69, 9.17) is 10.1 Å². The predicted molar refractivity (Wildman–Crippen MR) is 63.3 cm³/mol. The Morgan fingerprint density at radius 1 is 1.61 bits per heavy atom. The van der Waals surface area contributed by atoms with E-state index in [1.807, 2.05) is 6.07 Å². The zero-order valence-corrected chi connectivity index (χ0v) is 9.67. The van der Waals surface area contributed by atoms with Gasteiger partial charge < -0.3 is 10.4 Å². The topological polar surface area (TPSA) is 85.6 Å². The standard InChI is InChI=1S/C12H13N3O3/c13-5-9-3-1-2-4-11(9)14-12(17)7-15-6-10(16)8-18-15/h1-4,10,16H,6-8H2,(H,14,17). The van der Waals surface area contributed by atoms with Gasteiger partial charge in [0.25, 0.3) is 0 Å². The van der Waals surface area contributed by atoms with Crippen molar-refractivity contribution in [2.24, 2.45) is 0 Å². The number of hydrogen-bond donors (Lipinski definition) is 2. The highest BCUT2D eigenvalue weighted by Gasteiger charge is 2.23. The van der Waals surface area contributed by atoms with E-state index in [1.54, 1.807) is 24.3 Å². The first kappa shape index (κ1) is 12.5. The van der Waals surface area contributed by atoms with Crippen molar-refractivity contribution in [3.8, 4) is 6.07 Å². The van der Waals surface area contributed by atoms with Crippen LogP contribution in [0.15, 0.2) is 24.3 Å². The Labute approximate surface area is 104 Å². The molecule has 1 aromatic carbocycles. The molecule has 6 nitrogen and oxygen atoms in total. The molecule has 1 unspecified atom stereocenters. The van der Waals surface area contributed by atoms with E-state index < -0.39 is 6.10 Å². The van der Waals surface area contributed by atoms with Crippen molar-refractivity contribution in [1.82, 2.24) is 5.06 Å². The molecule has 1 heterocycles. The van der Waals surface area contributed by atoms with Gasteiger partial charge in [-0.25, -0.2) is 0 Å². The average Bonchev–Trinajstić information content (AvgIpc) is 2.75. The predicted octanol–water partition coefficient (Wildman–Crippen LogP) is 0.105. The number of carbonyl (C=O) groups excluding carboxylic acids is 1. The number of anilines is 1. The molecular weight excluding hydrogens is 234 g/mol. The second kappa shape index (κ2) is 5.60. The molecule has 18 heavy (non-hydrogen) atoms. The fourth-order valence-corrected chi connectivity index (χ4v) is 1.68. The number of rotatable bonds is 3. The van der Waals surface area contributed by atoms with Crippen LogP contribution in [0.2, 0.25) is 0 Å². The normalized spacial score (nSPS) is 19.4. The quantitative estimate of drug-likeness (QED) is 0.791. The van der Waals surface area contributed by atoms with E-state index in [0.29, 0.717) is 17.8 Å². The Morgan fingerprint density at radius 2 is 2.39 bits per heavy atom. The molecular formula is C12H13N3O3. The van der Waals surface area contributed by atoms with Crippen molar-refractivity contribution in [2.45, 2.75) is 6.10 Å². The highest BCUT2D eigenvalue weighted by molar-refractivity contribution is 5.93. The average molecular weight is 247 g/mol. The van der Waals surface area contributed by atoms with E-state index >= 15 is 0 Å². The van der Waals surface area contributed by atoms with Gasteiger partial charge in [0.2, 0.25) is 5.91 Å². The minimum Gasteiger partial charge on any atom is -0.389 e. The first-order valence-corrected chi connectivity index (χ1v) is 5.54. The molecule has 94 valence electrons. The Balaban J connectivity index is 1.93. The molecule has 1 amide bonds. The van der Waals surface area contributed by atoms with E-state index in [1.165, 1.54) is 5.06 Å². The summed E-state index contributed by atoms with van der Waals surface area (Å²) in [5.74, 6) is -0.285. The van der Waals surface area contributed by atoms with Gasteiger partial charge in [-0.3, -0.25) is 9.63 Å². The SMILES string of the molecule is N#Cc1ccccc1NC(=O)CN1CC(O)CO1. The lowest BCUT2D eigenvalue weighted by Gasteiger charge is -2.13. The zero-order chi connectivity index (χ0) is 13.0. The van der Waals surface area contributed by atoms with E-state index in [9.17, 15) is 9.90 Å². The highest BCUT2D eigenvalue weighted by Crippen LogP contribution is 2.13. The second-order valence-electron chi connectivity index (χ2n) is 3.98. The van der Waals surface area contributed by atoms with Crippen molar-refractivity contribution >= 4 is 11.6 Å². The fraction of sp³-hybridized carbons (Fsp3) is 0.333. The maximum Gasteiger partial charge on any atom is 0.241 e.